The molecule has 0 bridgehead atoms. The van der Waals surface area contributed by atoms with Crippen LogP contribution in [0.5, 0.6) is 0 Å². The molecule has 0 fully saturated rings. The minimum atomic E-state index is -0.0930. The Morgan fingerprint density at radius 1 is 0.938 bits per heavy atom. The van der Waals surface area contributed by atoms with Crippen LogP contribution in [0.1, 0.15) is 5.82 Å². The quantitative estimate of drug-likeness (QED) is 0.301. The highest BCUT2D eigenvalue weighted by atomic mass is 32.2. The number of furan rings is 1. The second kappa shape index (κ2) is 7.31. The van der Waals surface area contributed by atoms with Crippen LogP contribution in [0.25, 0.3) is 39.2 Å². The maximum absolute atomic E-state index is 12.7. The molecule has 4 heterocycles. The van der Waals surface area contributed by atoms with Crippen LogP contribution in [0.4, 0.5) is 0 Å². The molecule has 0 unspecified atom stereocenters. The Kier molecular flexibility index (Phi) is 4.29. The van der Waals surface area contributed by atoms with Crippen LogP contribution >= 0.6 is 11.8 Å². The first-order valence-electron chi connectivity index (χ1n) is 9.96. The zero-order valence-electron chi connectivity index (χ0n) is 17.0. The average Bonchev–Trinajstić information content (AvgIpc) is 3.51. The average molecular weight is 440 g/mol. The van der Waals surface area contributed by atoms with Crippen molar-refractivity contribution in [2.24, 2.45) is 7.05 Å². The third kappa shape index (κ3) is 2.89. The van der Waals surface area contributed by atoms with Crippen LogP contribution in [0, 0.1) is 0 Å². The van der Waals surface area contributed by atoms with E-state index in [4.69, 9.17) is 9.40 Å². The molecule has 4 aromatic heterocycles. The van der Waals surface area contributed by atoms with Crippen LogP contribution < -0.4 is 5.56 Å². The summed E-state index contributed by atoms with van der Waals surface area (Å²) in [5, 5.41) is 11.1. The number of nitrogens with zero attached hydrogens (tertiary/aromatic N) is 6. The SMILES string of the molecule is Cn1c(=O)c2ccccc2n2c(CSc3nc(-c4ccco4)nc4ccccc34)nnc12. The Bertz CT molecular complexity index is 1670. The highest BCUT2D eigenvalue weighted by molar-refractivity contribution is 7.98. The van der Waals surface area contributed by atoms with Gasteiger partial charge in [0.2, 0.25) is 5.78 Å². The van der Waals surface area contributed by atoms with Crippen molar-refractivity contribution in [2.45, 2.75) is 10.8 Å². The number of thioether (sulfide) groups is 1. The highest BCUT2D eigenvalue weighted by Gasteiger charge is 2.17. The summed E-state index contributed by atoms with van der Waals surface area (Å²) >= 11 is 1.55. The van der Waals surface area contributed by atoms with Gasteiger partial charge in [-0.25, -0.2) is 9.97 Å². The third-order valence-electron chi connectivity index (χ3n) is 5.34. The van der Waals surface area contributed by atoms with Crippen LogP contribution in [-0.2, 0) is 12.8 Å². The lowest BCUT2D eigenvalue weighted by Crippen LogP contribution is -2.20. The highest BCUT2D eigenvalue weighted by Crippen LogP contribution is 2.30. The molecule has 0 aliphatic carbocycles. The van der Waals surface area contributed by atoms with E-state index in [-0.39, 0.29) is 5.56 Å². The molecule has 0 spiro atoms. The summed E-state index contributed by atoms with van der Waals surface area (Å²) in [5.74, 6) is 2.91. The molecule has 0 aliphatic heterocycles. The molecule has 32 heavy (non-hydrogen) atoms. The van der Waals surface area contributed by atoms with Crippen molar-refractivity contribution in [3.8, 4) is 11.6 Å². The predicted molar refractivity (Wildman–Crippen MR) is 123 cm³/mol. The summed E-state index contributed by atoms with van der Waals surface area (Å²) in [6.07, 6.45) is 1.61. The summed E-state index contributed by atoms with van der Waals surface area (Å²) in [7, 11) is 1.71. The lowest BCUT2D eigenvalue weighted by molar-refractivity contribution is 0.577. The van der Waals surface area contributed by atoms with Crippen molar-refractivity contribution < 1.29 is 4.42 Å². The van der Waals surface area contributed by atoms with Gasteiger partial charge < -0.3 is 4.42 Å². The van der Waals surface area contributed by atoms with Crippen molar-refractivity contribution >= 4 is 39.3 Å². The van der Waals surface area contributed by atoms with Gasteiger partial charge in [-0.3, -0.25) is 13.8 Å². The second-order valence-electron chi connectivity index (χ2n) is 7.27. The fourth-order valence-corrected chi connectivity index (χ4v) is 4.72. The minimum Gasteiger partial charge on any atom is -0.461 e. The van der Waals surface area contributed by atoms with Gasteiger partial charge in [-0.15, -0.1) is 10.2 Å². The van der Waals surface area contributed by atoms with Gasteiger partial charge in [0.25, 0.3) is 5.56 Å². The van der Waals surface area contributed by atoms with E-state index in [1.54, 1.807) is 25.1 Å². The van der Waals surface area contributed by atoms with Crippen molar-refractivity contribution in [3.05, 3.63) is 83.1 Å². The predicted octanol–water partition coefficient (Wildman–Crippen LogP) is 4.08. The molecule has 0 aliphatic rings. The van der Waals surface area contributed by atoms with Crippen LogP contribution in [-0.4, -0.2) is 29.1 Å². The van der Waals surface area contributed by atoms with Crippen molar-refractivity contribution in [3.63, 3.8) is 0 Å². The molecule has 8 nitrogen and oxygen atoms in total. The van der Waals surface area contributed by atoms with Crippen molar-refractivity contribution in [1.29, 1.82) is 0 Å². The van der Waals surface area contributed by atoms with Gasteiger partial charge in [-0.1, -0.05) is 42.1 Å². The molecule has 6 rings (SSSR count). The maximum atomic E-state index is 12.7. The monoisotopic (exact) mass is 440 g/mol. The van der Waals surface area contributed by atoms with E-state index in [0.717, 1.165) is 27.3 Å². The normalized spacial score (nSPS) is 11.7. The Morgan fingerprint density at radius 3 is 2.59 bits per heavy atom. The summed E-state index contributed by atoms with van der Waals surface area (Å²) in [6, 6.07) is 19.1. The summed E-state index contributed by atoms with van der Waals surface area (Å²) in [4.78, 5) is 22.1. The molecule has 0 N–H and O–H groups in total. The van der Waals surface area contributed by atoms with Gasteiger partial charge >= 0.3 is 0 Å². The Hall–Kier alpha value is -3.98. The molecule has 0 saturated carbocycles. The number of para-hydroxylation sites is 2. The molecule has 156 valence electrons. The Morgan fingerprint density at radius 2 is 1.75 bits per heavy atom. The summed E-state index contributed by atoms with van der Waals surface area (Å²) in [6.45, 7) is 0. The maximum Gasteiger partial charge on any atom is 0.262 e. The molecule has 0 radical (unpaired) electrons. The van der Waals surface area contributed by atoms with Gasteiger partial charge in [0, 0.05) is 12.4 Å². The molecule has 0 atom stereocenters. The molecular formula is C23H16N6O2S. The van der Waals surface area contributed by atoms with E-state index in [1.807, 2.05) is 65.1 Å². The number of benzene rings is 2. The van der Waals surface area contributed by atoms with Crippen molar-refractivity contribution in [2.75, 3.05) is 0 Å². The largest absolute Gasteiger partial charge is 0.461 e. The number of aryl methyl sites for hydroxylation is 1. The molecule has 2 aromatic carbocycles. The van der Waals surface area contributed by atoms with Crippen LogP contribution in [0.3, 0.4) is 0 Å². The topological polar surface area (TPSA) is 91.1 Å². The number of hydrogen-bond donors (Lipinski definition) is 0. The number of rotatable bonds is 4. The number of fused-ring (bicyclic) bond motifs is 4. The fraction of sp³-hybridized carbons (Fsp3) is 0.0870. The van der Waals surface area contributed by atoms with Gasteiger partial charge in [0.1, 0.15) is 10.9 Å². The molecule has 0 amide bonds. The van der Waals surface area contributed by atoms with Crippen molar-refractivity contribution in [1.82, 2.24) is 29.1 Å². The summed E-state index contributed by atoms with van der Waals surface area (Å²) < 4.78 is 8.97. The Labute approximate surface area is 185 Å². The van der Waals surface area contributed by atoms with E-state index < -0.39 is 0 Å². The lowest BCUT2D eigenvalue weighted by Gasteiger charge is -2.09. The standard InChI is InChI=1S/C23H16N6O2S/c1-28-22(30)15-8-3-5-10-17(15)29-19(26-27-23(28)29)13-32-21-14-7-2-4-9-16(14)24-20(25-21)18-11-6-12-31-18/h2-12H,13H2,1H3. The van der Waals surface area contributed by atoms with E-state index in [9.17, 15) is 4.79 Å². The first-order chi connectivity index (χ1) is 15.7. The van der Waals surface area contributed by atoms with Gasteiger partial charge in [0.05, 0.1) is 28.4 Å². The molecule has 9 heteroatoms. The summed E-state index contributed by atoms with van der Waals surface area (Å²) in [5.41, 5.74) is 1.54. The molecule has 6 aromatic rings. The van der Waals surface area contributed by atoms with E-state index in [2.05, 4.69) is 15.2 Å². The fourth-order valence-electron chi connectivity index (χ4n) is 3.79. The van der Waals surface area contributed by atoms with E-state index in [0.29, 0.717) is 28.5 Å². The molecular weight excluding hydrogens is 424 g/mol. The van der Waals surface area contributed by atoms with Gasteiger partial charge in [-0.2, -0.15) is 0 Å². The number of aromatic nitrogens is 6. The van der Waals surface area contributed by atoms with E-state index in [1.165, 1.54) is 4.57 Å². The van der Waals surface area contributed by atoms with Gasteiger partial charge in [0.15, 0.2) is 11.6 Å². The van der Waals surface area contributed by atoms with Gasteiger partial charge in [-0.05, 0) is 30.3 Å². The van der Waals surface area contributed by atoms with Crippen LogP contribution in [0.2, 0.25) is 0 Å². The number of hydrogen-bond acceptors (Lipinski definition) is 7. The minimum absolute atomic E-state index is 0.0930. The Balaban J connectivity index is 1.47. The lowest BCUT2D eigenvalue weighted by atomic mass is 10.2. The van der Waals surface area contributed by atoms with E-state index >= 15 is 0 Å². The smallest absolute Gasteiger partial charge is 0.262 e. The zero-order chi connectivity index (χ0) is 21.7. The zero-order valence-corrected chi connectivity index (χ0v) is 17.8. The second-order valence-corrected chi connectivity index (χ2v) is 8.23. The van der Waals surface area contributed by atoms with Crippen LogP contribution in [0.15, 0.2) is 81.2 Å². The first-order valence-corrected chi connectivity index (χ1v) is 10.9. The molecule has 0 saturated heterocycles. The third-order valence-corrected chi connectivity index (χ3v) is 6.33. The first kappa shape index (κ1) is 18.8.